The molecule has 2 aromatic rings. The predicted molar refractivity (Wildman–Crippen MR) is 95.1 cm³/mol. The van der Waals surface area contributed by atoms with Crippen LogP contribution in [0.1, 0.15) is 23.1 Å². The first kappa shape index (κ1) is 20.2. The SMILES string of the molecule is Cc1nc(S[C@H](C)C(=O)Nc2cccc(C(F)(F)F)c2)sc1CC(N)=O. The van der Waals surface area contributed by atoms with Crippen LogP contribution >= 0.6 is 23.1 Å². The summed E-state index contributed by atoms with van der Waals surface area (Å²) in [4.78, 5) is 28.3. The molecule has 0 aliphatic heterocycles. The summed E-state index contributed by atoms with van der Waals surface area (Å²) in [5.74, 6) is -0.915. The van der Waals surface area contributed by atoms with Crippen molar-refractivity contribution in [2.24, 2.45) is 5.73 Å². The van der Waals surface area contributed by atoms with Crippen LogP contribution in [0.3, 0.4) is 0 Å². The summed E-state index contributed by atoms with van der Waals surface area (Å²) in [6, 6.07) is 4.44. The number of thiazole rings is 1. The van der Waals surface area contributed by atoms with Gasteiger partial charge in [-0.1, -0.05) is 17.8 Å². The number of carbonyl (C=O) groups excluding carboxylic acids is 2. The van der Waals surface area contributed by atoms with Crippen LogP contribution in [0.5, 0.6) is 0 Å². The number of nitrogens with one attached hydrogen (secondary N) is 1. The highest BCUT2D eigenvalue weighted by molar-refractivity contribution is 8.02. The molecule has 10 heteroatoms. The highest BCUT2D eigenvalue weighted by Crippen LogP contribution is 2.32. The van der Waals surface area contributed by atoms with Gasteiger partial charge in [-0.25, -0.2) is 4.98 Å². The van der Waals surface area contributed by atoms with Gasteiger partial charge in [0.05, 0.1) is 22.9 Å². The molecule has 0 bridgehead atoms. The number of anilines is 1. The summed E-state index contributed by atoms with van der Waals surface area (Å²) < 4.78 is 38.8. The van der Waals surface area contributed by atoms with Gasteiger partial charge in [-0.3, -0.25) is 9.59 Å². The van der Waals surface area contributed by atoms with E-state index in [-0.39, 0.29) is 12.1 Å². The van der Waals surface area contributed by atoms with Crippen molar-refractivity contribution in [1.82, 2.24) is 4.98 Å². The van der Waals surface area contributed by atoms with Gasteiger partial charge in [0.25, 0.3) is 0 Å². The molecule has 5 nitrogen and oxygen atoms in total. The molecule has 0 saturated carbocycles. The van der Waals surface area contributed by atoms with Crippen molar-refractivity contribution in [2.45, 2.75) is 36.0 Å². The van der Waals surface area contributed by atoms with E-state index >= 15 is 0 Å². The fraction of sp³-hybridized carbons (Fsp3) is 0.312. The number of nitrogens with two attached hydrogens (primary N) is 1. The number of hydrogen-bond acceptors (Lipinski definition) is 5. The summed E-state index contributed by atoms with van der Waals surface area (Å²) in [6.45, 7) is 3.37. The van der Waals surface area contributed by atoms with E-state index in [0.29, 0.717) is 10.0 Å². The number of rotatable bonds is 6. The average Bonchev–Trinajstić information content (AvgIpc) is 2.85. The molecular formula is C16H16F3N3O2S2. The maximum absolute atomic E-state index is 12.7. The summed E-state index contributed by atoms with van der Waals surface area (Å²) in [6.07, 6.45) is -4.40. The second kappa shape index (κ2) is 8.09. The fourth-order valence-electron chi connectivity index (χ4n) is 2.00. The minimum atomic E-state index is -4.48. The third-order valence-electron chi connectivity index (χ3n) is 3.31. The molecule has 0 spiro atoms. The molecule has 0 saturated heterocycles. The quantitative estimate of drug-likeness (QED) is 0.722. The van der Waals surface area contributed by atoms with Gasteiger partial charge in [-0.2, -0.15) is 13.2 Å². The molecule has 140 valence electrons. The van der Waals surface area contributed by atoms with Gasteiger partial charge >= 0.3 is 6.18 Å². The van der Waals surface area contributed by atoms with Crippen LogP contribution in [-0.4, -0.2) is 22.0 Å². The first-order chi connectivity index (χ1) is 12.1. The zero-order valence-corrected chi connectivity index (χ0v) is 15.5. The molecule has 1 heterocycles. The lowest BCUT2D eigenvalue weighted by Crippen LogP contribution is -2.22. The van der Waals surface area contributed by atoms with Gasteiger partial charge in [0.15, 0.2) is 4.34 Å². The first-order valence-electron chi connectivity index (χ1n) is 7.45. The molecule has 1 aromatic heterocycles. The number of nitrogens with zero attached hydrogens (tertiary/aromatic N) is 1. The zero-order valence-electron chi connectivity index (χ0n) is 13.9. The molecule has 0 fully saturated rings. The van der Waals surface area contributed by atoms with Crippen LogP contribution in [0.4, 0.5) is 18.9 Å². The van der Waals surface area contributed by atoms with Crippen molar-refractivity contribution in [3.05, 3.63) is 40.4 Å². The van der Waals surface area contributed by atoms with E-state index in [2.05, 4.69) is 10.3 Å². The van der Waals surface area contributed by atoms with Gasteiger partial charge < -0.3 is 11.1 Å². The van der Waals surface area contributed by atoms with Crippen molar-refractivity contribution in [3.8, 4) is 0 Å². The molecule has 3 N–H and O–H groups in total. The summed E-state index contributed by atoms with van der Waals surface area (Å²) in [5.41, 5.74) is 5.08. The molecule has 0 unspecified atom stereocenters. The van der Waals surface area contributed by atoms with Crippen molar-refractivity contribution >= 4 is 40.6 Å². The Hall–Kier alpha value is -2.07. The zero-order chi connectivity index (χ0) is 19.5. The Kier molecular flexibility index (Phi) is 6.30. The summed E-state index contributed by atoms with van der Waals surface area (Å²) in [5, 5.41) is 1.88. The Bertz CT molecular complexity index is 821. The summed E-state index contributed by atoms with van der Waals surface area (Å²) in [7, 11) is 0. The van der Waals surface area contributed by atoms with Crippen LogP contribution in [0, 0.1) is 6.92 Å². The molecule has 2 amide bonds. The van der Waals surface area contributed by atoms with E-state index in [1.54, 1.807) is 13.8 Å². The van der Waals surface area contributed by atoms with Gasteiger partial charge in [-0.05, 0) is 32.0 Å². The molecule has 26 heavy (non-hydrogen) atoms. The molecular weight excluding hydrogens is 387 g/mol. The maximum Gasteiger partial charge on any atom is 0.416 e. The highest BCUT2D eigenvalue weighted by Gasteiger charge is 2.30. The fourth-order valence-corrected chi connectivity index (χ4v) is 4.38. The number of hydrogen-bond donors (Lipinski definition) is 2. The standard InChI is InChI=1S/C16H16F3N3O2S2/c1-8-12(7-13(20)23)26-15(21-8)25-9(2)14(24)22-11-5-3-4-10(6-11)16(17,18)19/h3-6,9H,7H2,1-2H3,(H2,20,23)(H,22,24)/t9-/m1/s1. The minimum absolute atomic E-state index is 0.0713. The van der Waals surface area contributed by atoms with E-state index in [1.807, 2.05) is 0 Å². The van der Waals surface area contributed by atoms with Crippen LogP contribution in [0.25, 0.3) is 0 Å². The molecule has 0 aliphatic carbocycles. The van der Waals surface area contributed by atoms with Gasteiger partial charge in [-0.15, -0.1) is 11.3 Å². The lowest BCUT2D eigenvalue weighted by Gasteiger charge is -2.12. The molecule has 0 radical (unpaired) electrons. The number of benzene rings is 1. The Morgan fingerprint density at radius 1 is 1.38 bits per heavy atom. The molecule has 0 aliphatic rings. The number of halogens is 3. The average molecular weight is 403 g/mol. The highest BCUT2D eigenvalue weighted by atomic mass is 32.2. The monoisotopic (exact) mass is 403 g/mol. The number of carbonyl (C=O) groups is 2. The normalized spacial score (nSPS) is 12.7. The largest absolute Gasteiger partial charge is 0.416 e. The number of aromatic nitrogens is 1. The van der Waals surface area contributed by atoms with Gasteiger partial charge in [0, 0.05) is 10.6 Å². The van der Waals surface area contributed by atoms with Crippen molar-refractivity contribution in [2.75, 3.05) is 5.32 Å². The smallest absolute Gasteiger partial charge is 0.369 e. The number of aryl methyl sites for hydroxylation is 1. The van der Waals surface area contributed by atoms with E-state index in [4.69, 9.17) is 5.73 Å². The Labute approximate surface area is 156 Å². The van der Waals surface area contributed by atoms with Gasteiger partial charge in [0.2, 0.25) is 11.8 Å². The number of amides is 2. The maximum atomic E-state index is 12.7. The predicted octanol–water partition coefficient (Wildman–Crippen LogP) is 3.62. The second-order valence-corrected chi connectivity index (χ2v) is 8.13. The first-order valence-corrected chi connectivity index (χ1v) is 9.15. The summed E-state index contributed by atoms with van der Waals surface area (Å²) >= 11 is 2.43. The Morgan fingerprint density at radius 3 is 2.69 bits per heavy atom. The van der Waals surface area contributed by atoms with Crippen molar-refractivity contribution < 1.29 is 22.8 Å². The Balaban J connectivity index is 2.03. The molecule has 1 aromatic carbocycles. The van der Waals surface area contributed by atoms with Crippen molar-refractivity contribution in [3.63, 3.8) is 0 Å². The number of alkyl halides is 3. The minimum Gasteiger partial charge on any atom is -0.369 e. The van der Waals surface area contributed by atoms with Crippen LogP contribution in [-0.2, 0) is 22.2 Å². The van der Waals surface area contributed by atoms with Crippen LogP contribution < -0.4 is 11.1 Å². The Morgan fingerprint density at radius 2 is 2.08 bits per heavy atom. The van der Waals surface area contributed by atoms with Gasteiger partial charge in [0.1, 0.15) is 0 Å². The topological polar surface area (TPSA) is 85.1 Å². The third kappa shape index (κ3) is 5.46. The molecule has 2 rings (SSSR count). The van der Waals surface area contributed by atoms with E-state index in [0.717, 1.165) is 28.8 Å². The van der Waals surface area contributed by atoms with E-state index in [1.165, 1.54) is 23.5 Å². The van der Waals surface area contributed by atoms with Crippen LogP contribution in [0.15, 0.2) is 28.6 Å². The third-order valence-corrected chi connectivity index (χ3v) is 5.66. The lowest BCUT2D eigenvalue weighted by atomic mass is 10.2. The number of thioether (sulfide) groups is 1. The van der Waals surface area contributed by atoms with Crippen LogP contribution in [0.2, 0.25) is 0 Å². The van der Waals surface area contributed by atoms with E-state index in [9.17, 15) is 22.8 Å². The second-order valence-electron chi connectivity index (χ2n) is 5.46. The van der Waals surface area contributed by atoms with Crippen molar-refractivity contribution in [1.29, 1.82) is 0 Å². The lowest BCUT2D eigenvalue weighted by molar-refractivity contribution is -0.137. The number of primary amides is 1. The molecule has 1 atom stereocenters. The van der Waals surface area contributed by atoms with E-state index < -0.39 is 28.8 Å².